The Morgan fingerprint density at radius 2 is 1.78 bits per heavy atom. The smallest absolute Gasteiger partial charge is 0.246 e. The van der Waals surface area contributed by atoms with Crippen molar-refractivity contribution in [1.82, 2.24) is 5.32 Å². The molecule has 0 spiro atoms. The van der Waals surface area contributed by atoms with Crippen molar-refractivity contribution in [3.05, 3.63) is 29.8 Å². The van der Waals surface area contributed by atoms with E-state index in [0.29, 0.717) is 25.1 Å². The van der Waals surface area contributed by atoms with E-state index >= 15 is 0 Å². The predicted octanol–water partition coefficient (Wildman–Crippen LogP) is -0.361. The SMILES string of the molecule is CC(C)[C@H](N)C(=O)N[C@@H](CCCN=C(N)N)C(=O)Nc1ccc(CO)cc1. The number of nitrogens with one attached hydrogen (secondary N) is 2. The molecule has 1 rings (SSSR count). The number of hydrogen-bond donors (Lipinski definition) is 6. The number of amides is 2. The highest BCUT2D eigenvalue weighted by Gasteiger charge is 2.25. The minimum absolute atomic E-state index is 0.0224. The van der Waals surface area contributed by atoms with Gasteiger partial charge in [-0.3, -0.25) is 14.6 Å². The summed E-state index contributed by atoms with van der Waals surface area (Å²) < 4.78 is 0. The zero-order chi connectivity index (χ0) is 20.4. The van der Waals surface area contributed by atoms with E-state index in [1.54, 1.807) is 24.3 Å². The van der Waals surface area contributed by atoms with E-state index in [9.17, 15) is 9.59 Å². The fourth-order valence-corrected chi connectivity index (χ4v) is 2.27. The molecule has 0 aliphatic heterocycles. The van der Waals surface area contributed by atoms with Crippen molar-refractivity contribution in [2.45, 2.75) is 45.4 Å². The Hall–Kier alpha value is -2.65. The van der Waals surface area contributed by atoms with Gasteiger partial charge in [0.25, 0.3) is 0 Å². The molecule has 150 valence electrons. The fourth-order valence-electron chi connectivity index (χ4n) is 2.27. The first kappa shape index (κ1) is 22.4. The third-order valence-corrected chi connectivity index (χ3v) is 4.00. The van der Waals surface area contributed by atoms with E-state index in [4.69, 9.17) is 22.3 Å². The van der Waals surface area contributed by atoms with Crippen LogP contribution in [-0.4, -0.2) is 41.5 Å². The molecule has 9 N–H and O–H groups in total. The van der Waals surface area contributed by atoms with E-state index in [1.165, 1.54) is 0 Å². The van der Waals surface area contributed by atoms with Crippen LogP contribution in [0.25, 0.3) is 0 Å². The van der Waals surface area contributed by atoms with Gasteiger partial charge in [0.1, 0.15) is 6.04 Å². The fraction of sp³-hybridized carbons (Fsp3) is 0.500. The zero-order valence-electron chi connectivity index (χ0n) is 15.8. The average molecular weight is 378 g/mol. The number of rotatable bonds is 10. The highest BCUT2D eigenvalue weighted by Crippen LogP contribution is 2.11. The van der Waals surface area contributed by atoms with Crippen molar-refractivity contribution in [3.8, 4) is 0 Å². The summed E-state index contributed by atoms with van der Waals surface area (Å²) >= 11 is 0. The van der Waals surface area contributed by atoms with Gasteiger partial charge in [-0.2, -0.15) is 0 Å². The summed E-state index contributed by atoms with van der Waals surface area (Å²) in [4.78, 5) is 28.8. The summed E-state index contributed by atoms with van der Waals surface area (Å²) in [5, 5.41) is 14.5. The molecule has 1 aromatic rings. The van der Waals surface area contributed by atoms with Gasteiger partial charge in [-0.05, 0) is 36.5 Å². The molecular formula is C18H30N6O3. The van der Waals surface area contributed by atoms with Crippen LogP contribution in [0.1, 0.15) is 32.3 Å². The number of guanidine groups is 1. The topological polar surface area (TPSA) is 169 Å². The molecule has 0 saturated heterocycles. The van der Waals surface area contributed by atoms with Crippen LogP contribution >= 0.6 is 0 Å². The van der Waals surface area contributed by atoms with Gasteiger partial charge in [0.05, 0.1) is 12.6 Å². The molecule has 27 heavy (non-hydrogen) atoms. The van der Waals surface area contributed by atoms with E-state index in [-0.39, 0.29) is 30.3 Å². The van der Waals surface area contributed by atoms with E-state index in [2.05, 4.69) is 15.6 Å². The van der Waals surface area contributed by atoms with Crippen LogP contribution in [-0.2, 0) is 16.2 Å². The highest BCUT2D eigenvalue weighted by atomic mass is 16.3. The maximum Gasteiger partial charge on any atom is 0.246 e. The minimum Gasteiger partial charge on any atom is -0.392 e. The quantitative estimate of drug-likeness (QED) is 0.184. The number of nitrogens with two attached hydrogens (primary N) is 3. The van der Waals surface area contributed by atoms with Crippen LogP contribution in [0.3, 0.4) is 0 Å². The number of aliphatic imine (C=N–C) groups is 1. The second-order valence-electron chi connectivity index (χ2n) is 6.62. The Morgan fingerprint density at radius 3 is 2.30 bits per heavy atom. The maximum atomic E-state index is 12.6. The van der Waals surface area contributed by atoms with Gasteiger partial charge < -0.3 is 32.9 Å². The third kappa shape index (κ3) is 8.06. The molecular weight excluding hydrogens is 348 g/mol. The van der Waals surface area contributed by atoms with Crippen LogP contribution in [0, 0.1) is 5.92 Å². The van der Waals surface area contributed by atoms with Gasteiger partial charge in [0.15, 0.2) is 5.96 Å². The van der Waals surface area contributed by atoms with Gasteiger partial charge in [-0.25, -0.2) is 0 Å². The second-order valence-corrected chi connectivity index (χ2v) is 6.62. The van der Waals surface area contributed by atoms with Crippen LogP contribution in [0.5, 0.6) is 0 Å². The van der Waals surface area contributed by atoms with Crippen LogP contribution in [0.2, 0.25) is 0 Å². The summed E-state index contributed by atoms with van der Waals surface area (Å²) in [6.45, 7) is 3.94. The normalized spacial score (nSPS) is 12.9. The molecule has 0 aliphatic carbocycles. The molecule has 0 fully saturated rings. The summed E-state index contributed by atoms with van der Waals surface area (Å²) in [5.74, 6) is -0.824. The minimum atomic E-state index is -0.769. The molecule has 0 saturated carbocycles. The molecule has 0 heterocycles. The largest absolute Gasteiger partial charge is 0.392 e. The molecule has 9 heteroatoms. The molecule has 1 aromatic carbocycles. The lowest BCUT2D eigenvalue weighted by atomic mass is 10.0. The Kier molecular flexibility index (Phi) is 9.24. The Labute approximate surface area is 159 Å². The number of hydrogen-bond acceptors (Lipinski definition) is 5. The zero-order valence-corrected chi connectivity index (χ0v) is 15.8. The first-order valence-corrected chi connectivity index (χ1v) is 8.86. The third-order valence-electron chi connectivity index (χ3n) is 4.00. The molecule has 2 amide bonds. The van der Waals surface area contributed by atoms with Gasteiger partial charge in [-0.1, -0.05) is 26.0 Å². The summed E-state index contributed by atoms with van der Waals surface area (Å²) in [5.41, 5.74) is 17.7. The maximum absolute atomic E-state index is 12.6. The lowest BCUT2D eigenvalue weighted by Crippen LogP contribution is -2.51. The number of nitrogens with zero attached hydrogens (tertiary/aromatic N) is 1. The number of carbonyl (C=O) groups is 2. The number of carbonyl (C=O) groups excluding carboxylic acids is 2. The number of aliphatic hydroxyl groups is 1. The lowest BCUT2D eigenvalue weighted by Gasteiger charge is -2.22. The molecule has 2 atom stereocenters. The van der Waals surface area contributed by atoms with Crippen molar-refractivity contribution >= 4 is 23.5 Å². The molecule has 0 bridgehead atoms. The van der Waals surface area contributed by atoms with Crippen LogP contribution < -0.4 is 27.8 Å². The van der Waals surface area contributed by atoms with E-state index in [0.717, 1.165) is 5.56 Å². The standard InChI is InChI=1S/C18H30N6O3/c1-11(2)15(19)17(27)24-14(4-3-9-22-18(20)21)16(26)23-13-7-5-12(10-25)6-8-13/h5-8,11,14-15,25H,3-4,9-10,19H2,1-2H3,(H,23,26)(H,24,27)(H4,20,21,22)/t14-,15-/m0/s1. The van der Waals surface area contributed by atoms with Crippen molar-refractivity contribution in [3.63, 3.8) is 0 Å². The molecule has 0 aliphatic rings. The Morgan fingerprint density at radius 1 is 1.15 bits per heavy atom. The number of benzene rings is 1. The number of aliphatic hydroxyl groups excluding tert-OH is 1. The second kappa shape index (κ2) is 11.1. The predicted molar refractivity (Wildman–Crippen MR) is 106 cm³/mol. The van der Waals surface area contributed by atoms with E-state index in [1.807, 2.05) is 13.8 Å². The van der Waals surface area contributed by atoms with Crippen LogP contribution in [0.15, 0.2) is 29.3 Å². The van der Waals surface area contributed by atoms with Crippen molar-refractivity contribution in [2.75, 3.05) is 11.9 Å². The Balaban J connectivity index is 2.78. The lowest BCUT2D eigenvalue weighted by molar-refractivity contribution is -0.128. The Bertz CT molecular complexity index is 641. The van der Waals surface area contributed by atoms with Crippen molar-refractivity contribution < 1.29 is 14.7 Å². The summed E-state index contributed by atoms with van der Waals surface area (Å²) in [6, 6.07) is 5.30. The average Bonchev–Trinajstić information content (AvgIpc) is 2.63. The van der Waals surface area contributed by atoms with Gasteiger partial charge in [0.2, 0.25) is 11.8 Å². The highest BCUT2D eigenvalue weighted by molar-refractivity contribution is 5.97. The number of anilines is 1. The van der Waals surface area contributed by atoms with Gasteiger partial charge in [0, 0.05) is 12.2 Å². The van der Waals surface area contributed by atoms with Crippen LogP contribution in [0.4, 0.5) is 5.69 Å². The molecule has 0 aromatic heterocycles. The van der Waals surface area contributed by atoms with Crippen molar-refractivity contribution in [1.29, 1.82) is 0 Å². The van der Waals surface area contributed by atoms with Crippen molar-refractivity contribution in [2.24, 2.45) is 28.1 Å². The molecule has 0 radical (unpaired) electrons. The summed E-state index contributed by atoms with van der Waals surface area (Å²) in [7, 11) is 0. The molecule has 0 unspecified atom stereocenters. The first-order valence-electron chi connectivity index (χ1n) is 8.86. The van der Waals surface area contributed by atoms with Gasteiger partial charge in [-0.15, -0.1) is 0 Å². The summed E-state index contributed by atoms with van der Waals surface area (Å²) in [6.07, 6.45) is 0.866. The first-order chi connectivity index (χ1) is 12.7. The van der Waals surface area contributed by atoms with Gasteiger partial charge >= 0.3 is 0 Å². The molecule has 9 nitrogen and oxygen atoms in total. The monoisotopic (exact) mass is 378 g/mol. The van der Waals surface area contributed by atoms with E-state index < -0.39 is 12.1 Å².